The Kier molecular flexibility index (Phi) is 4.77. The number of nitrogens with one attached hydrogen (secondary N) is 2. The molecule has 0 fully saturated rings. The van der Waals surface area contributed by atoms with Gasteiger partial charge in [0.15, 0.2) is 0 Å². The summed E-state index contributed by atoms with van der Waals surface area (Å²) in [6, 6.07) is 8.95. The van der Waals surface area contributed by atoms with E-state index < -0.39 is 6.04 Å². The second-order valence-corrected chi connectivity index (χ2v) is 4.77. The number of carbonyl (C=O) groups is 2. The molecule has 21 heavy (non-hydrogen) atoms. The van der Waals surface area contributed by atoms with Crippen molar-refractivity contribution in [1.82, 2.24) is 10.3 Å². The first kappa shape index (κ1) is 14.8. The van der Waals surface area contributed by atoms with Crippen molar-refractivity contribution in [3.63, 3.8) is 0 Å². The minimum atomic E-state index is -0.416. The van der Waals surface area contributed by atoms with Crippen molar-refractivity contribution in [2.24, 2.45) is 0 Å². The van der Waals surface area contributed by atoms with E-state index in [2.05, 4.69) is 10.3 Å². The summed E-state index contributed by atoms with van der Waals surface area (Å²) < 4.78 is 4.70. The first-order valence-corrected chi connectivity index (χ1v) is 6.68. The van der Waals surface area contributed by atoms with Crippen molar-refractivity contribution in [1.29, 1.82) is 0 Å². The number of hydrogen-bond acceptors (Lipinski definition) is 3. The molecule has 110 valence electrons. The predicted molar refractivity (Wildman–Crippen MR) is 78.8 cm³/mol. The third-order valence-corrected chi connectivity index (χ3v) is 3.30. The van der Waals surface area contributed by atoms with Crippen LogP contribution in [0.25, 0.3) is 0 Å². The van der Waals surface area contributed by atoms with Crippen LogP contribution in [0.5, 0.6) is 0 Å². The van der Waals surface area contributed by atoms with E-state index >= 15 is 0 Å². The summed E-state index contributed by atoms with van der Waals surface area (Å²) in [6.45, 7) is 1.85. The van der Waals surface area contributed by atoms with Crippen molar-refractivity contribution in [2.45, 2.75) is 19.4 Å². The summed E-state index contributed by atoms with van der Waals surface area (Å²) in [6.07, 6.45) is 3.49. The second kappa shape index (κ2) is 6.74. The first-order valence-electron chi connectivity index (χ1n) is 6.68. The van der Waals surface area contributed by atoms with Crippen LogP contribution in [0.2, 0.25) is 0 Å². The van der Waals surface area contributed by atoms with E-state index in [1.54, 1.807) is 12.4 Å². The molecule has 1 heterocycles. The number of amides is 1. The molecule has 1 aromatic carbocycles. The standard InChI is InChI=1S/C16H18N2O3/c1-11-9-17-10-13(11)16(20)18-14(8-15(19)21-2)12-6-4-3-5-7-12/h3-7,9-10,14,17H,8H2,1-2H3,(H,18,20)/t14-/m1/s1. The maximum Gasteiger partial charge on any atom is 0.307 e. The average molecular weight is 286 g/mol. The summed E-state index contributed by atoms with van der Waals surface area (Å²) in [5.74, 6) is -0.582. The van der Waals surface area contributed by atoms with Gasteiger partial charge in [0.05, 0.1) is 25.1 Å². The Balaban J connectivity index is 2.18. The fraction of sp³-hybridized carbons (Fsp3) is 0.250. The lowest BCUT2D eigenvalue weighted by Gasteiger charge is -2.18. The molecule has 1 amide bonds. The van der Waals surface area contributed by atoms with E-state index in [1.807, 2.05) is 37.3 Å². The number of methoxy groups -OCH3 is 1. The van der Waals surface area contributed by atoms with Gasteiger partial charge in [0.2, 0.25) is 0 Å². The molecule has 1 atom stereocenters. The van der Waals surface area contributed by atoms with Crippen molar-refractivity contribution < 1.29 is 14.3 Å². The Bertz CT molecular complexity index is 619. The lowest BCUT2D eigenvalue weighted by molar-refractivity contribution is -0.141. The monoisotopic (exact) mass is 286 g/mol. The molecule has 0 aliphatic rings. The molecule has 0 radical (unpaired) electrons. The summed E-state index contributed by atoms with van der Waals surface area (Å²) in [5, 5.41) is 2.88. The van der Waals surface area contributed by atoms with Gasteiger partial charge in [-0.2, -0.15) is 0 Å². The molecule has 5 nitrogen and oxygen atoms in total. The number of H-pyrrole nitrogens is 1. The highest BCUT2D eigenvalue weighted by atomic mass is 16.5. The van der Waals surface area contributed by atoms with Gasteiger partial charge in [0, 0.05) is 12.4 Å². The van der Waals surface area contributed by atoms with Gasteiger partial charge in [0.1, 0.15) is 0 Å². The molecule has 1 aromatic heterocycles. The molecule has 5 heteroatoms. The van der Waals surface area contributed by atoms with Crippen LogP contribution in [0.3, 0.4) is 0 Å². The largest absolute Gasteiger partial charge is 0.469 e. The van der Waals surface area contributed by atoms with Crippen LogP contribution in [-0.4, -0.2) is 24.0 Å². The zero-order chi connectivity index (χ0) is 15.2. The smallest absolute Gasteiger partial charge is 0.307 e. The molecular formula is C16H18N2O3. The van der Waals surface area contributed by atoms with Crippen molar-refractivity contribution in [3.05, 3.63) is 59.4 Å². The molecule has 0 aliphatic carbocycles. The predicted octanol–water partition coefficient (Wildman–Crippen LogP) is 2.36. The van der Waals surface area contributed by atoms with Gasteiger partial charge in [-0.1, -0.05) is 30.3 Å². The summed E-state index contributed by atoms with van der Waals surface area (Å²) >= 11 is 0. The number of hydrogen-bond donors (Lipinski definition) is 2. The number of esters is 1. The number of aromatic amines is 1. The van der Waals surface area contributed by atoms with E-state index in [-0.39, 0.29) is 18.3 Å². The second-order valence-electron chi connectivity index (χ2n) is 4.77. The third kappa shape index (κ3) is 3.72. The Labute approximate surface area is 123 Å². The molecule has 2 rings (SSSR count). The minimum absolute atomic E-state index is 0.0930. The molecule has 2 N–H and O–H groups in total. The van der Waals surface area contributed by atoms with E-state index in [9.17, 15) is 9.59 Å². The van der Waals surface area contributed by atoms with Gasteiger partial charge < -0.3 is 15.0 Å². The van der Waals surface area contributed by atoms with Crippen LogP contribution < -0.4 is 5.32 Å². The Morgan fingerprint density at radius 1 is 1.24 bits per heavy atom. The molecule has 2 aromatic rings. The van der Waals surface area contributed by atoms with Gasteiger partial charge >= 0.3 is 5.97 Å². The number of benzene rings is 1. The summed E-state index contributed by atoms with van der Waals surface area (Å²) in [7, 11) is 1.34. The maximum atomic E-state index is 12.3. The molecule has 0 aliphatic heterocycles. The molecule has 0 spiro atoms. The van der Waals surface area contributed by atoms with Crippen LogP contribution >= 0.6 is 0 Å². The van der Waals surface area contributed by atoms with Crippen molar-refractivity contribution in [3.8, 4) is 0 Å². The first-order chi connectivity index (χ1) is 10.1. The topological polar surface area (TPSA) is 71.2 Å². The van der Waals surface area contributed by atoms with Crippen LogP contribution in [0, 0.1) is 6.92 Å². The quantitative estimate of drug-likeness (QED) is 0.829. The van der Waals surface area contributed by atoms with Crippen molar-refractivity contribution >= 4 is 11.9 Å². The zero-order valence-corrected chi connectivity index (χ0v) is 12.1. The lowest BCUT2D eigenvalue weighted by Crippen LogP contribution is -2.30. The Hall–Kier alpha value is -2.56. The minimum Gasteiger partial charge on any atom is -0.469 e. The van der Waals surface area contributed by atoms with Crippen LogP contribution in [0.1, 0.15) is 33.9 Å². The normalized spacial score (nSPS) is 11.7. The third-order valence-electron chi connectivity index (χ3n) is 3.30. The highest BCUT2D eigenvalue weighted by Gasteiger charge is 2.20. The van der Waals surface area contributed by atoms with Crippen molar-refractivity contribution in [2.75, 3.05) is 7.11 Å². The van der Waals surface area contributed by atoms with Gasteiger partial charge in [0.25, 0.3) is 5.91 Å². The number of ether oxygens (including phenoxy) is 1. The summed E-state index contributed by atoms with van der Waals surface area (Å²) in [4.78, 5) is 26.7. The number of carbonyl (C=O) groups excluding carboxylic acids is 2. The van der Waals surface area contributed by atoms with E-state index in [1.165, 1.54) is 7.11 Å². The number of rotatable bonds is 5. The fourth-order valence-corrected chi connectivity index (χ4v) is 2.11. The van der Waals surface area contributed by atoms with E-state index in [0.29, 0.717) is 5.56 Å². The molecule has 0 bridgehead atoms. The fourth-order valence-electron chi connectivity index (χ4n) is 2.11. The van der Waals surface area contributed by atoms with Gasteiger partial charge in [-0.05, 0) is 18.1 Å². The van der Waals surface area contributed by atoms with Gasteiger partial charge in [-0.15, -0.1) is 0 Å². The van der Waals surface area contributed by atoms with Crippen LogP contribution in [0.15, 0.2) is 42.7 Å². The van der Waals surface area contributed by atoms with Crippen LogP contribution in [-0.2, 0) is 9.53 Å². The molecule has 0 saturated heterocycles. The van der Waals surface area contributed by atoms with E-state index in [0.717, 1.165) is 11.1 Å². The zero-order valence-electron chi connectivity index (χ0n) is 12.1. The SMILES string of the molecule is COC(=O)C[C@@H](NC(=O)c1c[nH]cc1C)c1ccccc1. The van der Waals surface area contributed by atoms with Crippen LogP contribution in [0.4, 0.5) is 0 Å². The maximum absolute atomic E-state index is 12.3. The molecule has 0 saturated carbocycles. The Morgan fingerprint density at radius 3 is 2.52 bits per heavy atom. The average Bonchev–Trinajstić information content (AvgIpc) is 2.93. The highest BCUT2D eigenvalue weighted by molar-refractivity contribution is 5.95. The number of aromatic nitrogens is 1. The summed E-state index contributed by atoms with van der Waals surface area (Å²) in [5.41, 5.74) is 2.29. The van der Waals surface area contributed by atoms with Gasteiger partial charge in [-0.3, -0.25) is 9.59 Å². The Morgan fingerprint density at radius 2 is 1.95 bits per heavy atom. The number of aryl methyl sites for hydroxylation is 1. The lowest BCUT2D eigenvalue weighted by atomic mass is 10.0. The van der Waals surface area contributed by atoms with Gasteiger partial charge in [-0.25, -0.2) is 0 Å². The highest BCUT2D eigenvalue weighted by Crippen LogP contribution is 2.18. The molecular weight excluding hydrogens is 268 g/mol. The molecule has 0 unspecified atom stereocenters. The van der Waals surface area contributed by atoms with E-state index in [4.69, 9.17) is 4.74 Å².